The Kier molecular flexibility index (Phi) is 7.12. The third-order valence-corrected chi connectivity index (χ3v) is 5.39. The normalized spacial score (nSPS) is 17.1. The zero-order valence-corrected chi connectivity index (χ0v) is 17.4. The van der Waals surface area contributed by atoms with Gasteiger partial charge in [0.05, 0.1) is 12.2 Å². The summed E-state index contributed by atoms with van der Waals surface area (Å²) in [7, 11) is 1.86. The lowest BCUT2D eigenvalue weighted by Gasteiger charge is -2.35. The molecule has 30 heavy (non-hydrogen) atoms. The van der Waals surface area contributed by atoms with Gasteiger partial charge < -0.3 is 18.9 Å². The Morgan fingerprint density at radius 2 is 2.03 bits per heavy atom. The van der Waals surface area contributed by atoms with E-state index in [2.05, 4.69) is 0 Å². The number of nitriles is 1. The molecule has 1 aliphatic heterocycles. The van der Waals surface area contributed by atoms with Crippen LogP contribution in [0.3, 0.4) is 0 Å². The number of amides is 1. The highest BCUT2D eigenvalue weighted by molar-refractivity contribution is 5.93. The molecule has 0 N–H and O–H groups in total. The number of esters is 1. The highest BCUT2D eigenvalue weighted by Crippen LogP contribution is 2.23. The number of nitrogens with zero attached hydrogens (tertiary/aromatic N) is 3. The number of aromatic nitrogens is 1. The van der Waals surface area contributed by atoms with Crippen molar-refractivity contribution in [2.75, 3.05) is 13.2 Å². The first-order chi connectivity index (χ1) is 14.5. The van der Waals surface area contributed by atoms with Crippen molar-refractivity contribution in [2.45, 2.75) is 44.8 Å². The van der Waals surface area contributed by atoms with Crippen molar-refractivity contribution in [3.05, 3.63) is 53.9 Å². The fourth-order valence-corrected chi connectivity index (χ4v) is 3.71. The summed E-state index contributed by atoms with van der Waals surface area (Å²) in [4.78, 5) is 27.1. The number of piperidine rings is 1. The monoisotopic (exact) mass is 409 g/mol. The van der Waals surface area contributed by atoms with E-state index >= 15 is 0 Å². The second-order valence-electron chi connectivity index (χ2n) is 7.48. The molecule has 2 aromatic rings. The average Bonchev–Trinajstić information content (AvgIpc) is 3.19. The largest absolute Gasteiger partial charge is 0.478 e. The van der Waals surface area contributed by atoms with E-state index in [-0.39, 0.29) is 18.6 Å². The molecule has 158 valence electrons. The molecular formula is C23H27N3O4. The van der Waals surface area contributed by atoms with Gasteiger partial charge in [0, 0.05) is 32.3 Å². The van der Waals surface area contributed by atoms with Crippen LogP contribution >= 0.6 is 0 Å². The van der Waals surface area contributed by atoms with E-state index in [1.807, 2.05) is 40.9 Å². The topological polar surface area (TPSA) is 84.6 Å². The molecule has 0 spiro atoms. The standard InChI is InChI=1S/C23H27N3O4/c1-17(30-21-11-4-3-8-18(21)16-24)23(28)29-15-12-19-9-5-6-14-26(19)22(27)20-10-7-13-25(20)2/h3-4,7-8,10-11,13,17,19H,5-6,9,12,14-15H2,1-2H3. The lowest BCUT2D eigenvalue weighted by molar-refractivity contribution is -0.151. The first kappa shape index (κ1) is 21.4. The van der Waals surface area contributed by atoms with Crippen LogP contribution in [0.1, 0.15) is 48.7 Å². The van der Waals surface area contributed by atoms with Crippen molar-refractivity contribution in [3.8, 4) is 11.8 Å². The minimum atomic E-state index is -0.827. The Bertz CT molecular complexity index is 931. The van der Waals surface area contributed by atoms with Crippen LogP contribution in [0.5, 0.6) is 5.75 Å². The van der Waals surface area contributed by atoms with Gasteiger partial charge in [-0.3, -0.25) is 4.79 Å². The van der Waals surface area contributed by atoms with E-state index in [0.717, 1.165) is 19.3 Å². The maximum absolute atomic E-state index is 12.9. The van der Waals surface area contributed by atoms with E-state index < -0.39 is 12.1 Å². The van der Waals surface area contributed by atoms with E-state index in [9.17, 15) is 9.59 Å². The molecule has 2 atom stereocenters. The summed E-state index contributed by atoms with van der Waals surface area (Å²) in [5.74, 6) is -0.113. The van der Waals surface area contributed by atoms with Crippen LogP contribution in [0.2, 0.25) is 0 Å². The highest BCUT2D eigenvalue weighted by atomic mass is 16.6. The van der Waals surface area contributed by atoms with Gasteiger partial charge in [0.15, 0.2) is 6.10 Å². The van der Waals surface area contributed by atoms with Crippen molar-refractivity contribution in [3.63, 3.8) is 0 Å². The van der Waals surface area contributed by atoms with Gasteiger partial charge in [0.25, 0.3) is 5.91 Å². The first-order valence-electron chi connectivity index (χ1n) is 10.3. The molecule has 2 heterocycles. The Labute approximate surface area is 176 Å². The van der Waals surface area contributed by atoms with Crippen LogP contribution in [-0.2, 0) is 16.6 Å². The third kappa shape index (κ3) is 5.01. The number of para-hydroxylation sites is 1. The van der Waals surface area contributed by atoms with Gasteiger partial charge in [-0.25, -0.2) is 4.79 Å². The van der Waals surface area contributed by atoms with Crippen molar-refractivity contribution in [1.29, 1.82) is 5.26 Å². The minimum absolute atomic E-state index is 0.0170. The zero-order valence-electron chi connectivity index (χ0n) is 17.4. The summed E-state index contributed by atoms with van der Waals surface area (Å²) in [5, 5.41) is 9.13. The van der Waals surface area contributed by atoms with Crippen LogP contribution in [0, 0.1) is 11.3 Å². The summed E-state index contributed by atoms with van der Waals surface area (Å²) < 4.78 is 12.8. The maximum atomic E-state index is 12.9. The van der Waals surface area contributed by atoms with Gasteiger partial charge in [0.1, 0.15) is 17.5 Å². The van der Waals surface area contributed by atoms with Gasteiger partial charge in [-0.15, -0.1) is 0 Å². The van der Waals surface area contributed by atoms with Gasteiger partial charge in [-0.1, -0.05) is 12.1 Å². The Balaban J connectivity index is 1.52. The number of benzene rings is 1. The smallest absolute Gasteiger partial charge is 0.347 e. The lowest BCUT2D eigenvalue weighted by atomic mass is 9.99. The molecule has 0 radical (unpaired) electrons. The van der Waals surface area contributed by atoms with E-state index in [1.165, 1.54) is 0 Å². The number of rotatable bonds is 7. The molecule has 1 aromatic carbocycles. The number of likely N-dealkylation sites (tertiary alicyclic amines) is 1. The van der Waals surface area contributed by atoms with Crippen molar-refractivity contribution in [2.24, 2.45) is 7.05 Å². The molecule has 0 saturated carbocycles. The predicted molar refractivity (Wildman–Crippen MR) is 111 cm³/mol. The predicted octanol–water partition coefficient (Wildman–Crippen LogP) is 3.29. The molecule has 0 bridgehead atoms. The molecule has 1 fully saturated rings. The molecule has 7 nitrogen and oxygen atoms in total. The van der Waals surface area contributed by atoms with Crippen molar-refractivity contribution < 1.29 is 19.1 Å². The van der Waals surface area contributed by atoms with Gasteiger partial charge in [-0.05, 0) is 50.5 Å². The highest BCUT2D eigenvalue weighted by Gasteiger charge is 2.29. The molecule has 1 aromatic heterocycles. The van der Waals surface area contributed by atoms with E-state index in [1.54, 1.807) is 31.2 Å². The SMILES string of the molecule is CC(Oc1ccccc1C#N)C(=O)OCCC1CCCCN1C(=O)c1cccn1C. The maximum Gasteiger partial charge on any atom is 0.347 e. The van der Waals surface area contributed by atoms with Crippen LogP contribution < -0.4 is 4.74 Å². The molecule has 3 rings (SSSR count). The third-order valence-electron chi connectivity index (χ3n) is 5.39. The summed E-state index contributed by atoms with van der Waals surface area (Å²) in [6.45, 7) is 2.53. The second kappa shape index (κ2) is 9.97. The molecule has 7 heteroatoms. The number of carbonyl (C=O) groups excluding carboxylic acids is 2. The Morgan fingerprint density at radius 1 is 1.23 bits per heavy atom. The number of hydrogen-bond donors (Lipinski definition) is 0. The number of carbonyl (C=O) groups is 2. The quantitative estimate of drug-likeness (QED) is 0.655. The summed E-state index contributed by atoms with van der Waals surface area (Å²) in [6.07, 6.45) is 4.56. The van der Waals surface area contributed by atoms with Crippen LogP contribution in [0.25, 0.3) is 0 Å². The molecule has 1 aliphatic rings. The number of aryl methyl sites for hydroxylation is 1. The van der Waals surface area contributed by atoms with E-state index in [0.29, 0.717) is 30.0 Å². The lowest BCUT2D eigenvalue weighted by Crippen LogP contribution is -2.45. The second-order valence-corrected chi connectivity index (χ2v) is 7.48. The fourth-order valence-electron chi connectivity index (χ4n) is 3.71. The van der Waals surface area contributed by atoms with Gasteiger partial charge in [-0.2, -0.15) is 5.26 Å². The summed E-state index contributed by atoms with van der Waals surface area (Å²) in [5.41, 5.74) is 1.03. The number of ether oxygens (including phenoxy) is 2. The van der Waals surface area contributed by atoms with E-state index in [4.69, 9.17) is 14.7 Å². The van der Waals surface area contributed by atoms with Crippen molar-refractivity contribution in [1.82, 2.24) is 9.47 Å². The first-order valence-corrected chi connectivity index (χ1v) is 10.3. The number of hydrogen-bond acceptors (Lipinski definition) is 5. The molecule has 0 aliphatic carbocycles. The molecule has 2 unspecified atom stereocenters. The Morgan fingerprint density at radius 3 is 2.77 bits per heavy atom. The van der Waals surface area contributed by atoms with Crippen molar-refractivity contribution >= 4 is 11.9 Å². The van der Waals surface area contributed by atoms with Crippen LogP contribution in [-0.4, -0.2) is 46.6 Å². The van der Waals surface area contributed by atoms with Gasteiger partial charge >= 0.3 is 5.97 Å². The van der Waals surface area contributed by atoms with Crippen LogP contribution in [0.15, 0.2) is 42.6 Å². The average molecular weight is 409 g/mol. The van der Waals surface area contributed by atoms with Crippen LogP contribution in [0.4, 0.5) is 0 Å². The molecular weight excluding hydrogens is 382 g/mol. The molecule has 1 amide bonds. The minimum Gasteiger partial charge on any atom is -0.478 e. The summed E-state index contributed by atoms with van der Waals surface area (Å²) in [6, 6.07) is 12.5. The van der Waals surface area contributed by atoms with Gasteiger partial charge in [0.2, 0.25) is 0 Å². The summed E-state index contributed by atoms with van der Waals surface area (Å²) >= 11 is 0. The fraction of sp³-hybridized carbons (Fsp3) is 0.435. The Hall–Kier alpha value is -3.27. The zero-order chi connectivity index (χ0) is 21.5. The molecule has 1 saturated heterocycles.